The summed E-state index contributed by atoms with van der Waals surface area (Å²) >= 11 is 0. The molecule has 1 aromatic carbocycles. The second kappa shape index (κ2) is 4.08. The van der Waals surface area contributed by atoms with E-state index in [9.17, 15) is 4.79 Å². The first-order chi connectivity index (χ1) is 8.79. The maximum atomic E-state index is 11.7. The molecule has 1 saturated heterocycles. The molecule has 18 heavy (non-hydrogen) atoms. The van der Waals surface area contributed by atoms with Crippen molar-refractivity contribution >= 4 is 16.9 Å². The van der Waals surface area contributed by atoms with Crippen LogP contribution in [0.1, 0.15) is 11.6 Å². The number of hydrogen-bond donors (Lipinski definition) is 2. The van der Waals surface area contributed by atoms with Crippen LogP contribution < -0.4 is 5.32 Å². The van der Waals surface area contributed by atoms with Crippen molar-refractivity contribution in [2.75, 3.05) is 13.1 Å². The number of fused-ring (bicyclic) bond motifs is 1. The average Bonchev–Trinajstić information content (AvgIpc) is 2.94. The number of carbonyl (C=O) groups is 1. The van der Waals surface area contributed by atoms with Gasteiger partial charge in [-0.25, -0.2) is 4.79 Å². The Hall–Kier alpha value is -2.48. The first kappa shape index (κ1) is 10.7. The van der Waals surface area contributed by atoms with Crippen LogP contribution in [0.25, 0.3) is 10.9 Å². The highest BCUT2D eigenvalue weighted by Gasteiger charge is 2.30. The van der Waals surface area contributed by atoms with Crippen molar-refractivity contribution in [1.82, 2.24) is 15.2 Å². The Morgan fingerprint density at radius 2 is 2.28 bits per heavy atom. The second-order valence-electron chi connectivity index (χ2n) is 4.33. The lowest BCUT2D eigenvalue weighted by atomic mass is 10.1. The van der Waals surface area contributed by atoms with Crippen molar-refractivity contribution in [2.45, 2.75) is 6.04 Å². The smallest absolute Gasteiger partial charge is 0.318 e. The summed E-state index contributed by atoms with van der Waals surface area (Å²) in [6, 6.07) is 9.75. The van der Waals surface area contributed by atoms with E-state index in [4.69, 9.17) is 5.26 Å². The molecule has 1 aromatic heterocycles. The van der Waals surface area contributed by atoms with Crippen LogP contribution in [0.15, 0.2) is 30.5 Å². The van der Waals surface area contributed by atoms with E-state index in [0.29, 0.717) is 6.54 Å². The number of amides is 2. The Kier molecular flexibility index (Phi) is 2.41. The molecule has 1 atom stereocenters. The van der Waals surface area contributed by atoms with Crippen molar-refractivity contribution < 1.29 is 4.79 Å². The molecule has 2 heterocycles. The van der Waals surface area contributed by atoms with E-state index in [2.05, 4.69) is 10.3 Å². The van der Waals surface area contributed by atoms with E-state index in [1.54, 1.807) is 0 Å². The van der Waals surface area contributed by atoms with Crippen molar-refractivity contribution in [2.24, 2.45) is 0 Å². The van der Waals surface area contributed by atoms with Gasteiger partial charge in [0.2, 0.25) is 0 Å². The topological polar surface area (TPSA) is 71.9 Å². The lowest BCUT2D eigenvalue weighted by molar-refractivity contribution is 0.222. The van der Waals surface area contributed by atoms with Crippen molar-refractivity contribution in [3.8, 4) is 6.07 Å². The van der Waals surface area contributed by atoms with Crippen LogP contribution in [0, 0.1) is 11.3 Å². The molecule has 90 valence electrons. The number of nitriles is 1. The molecule has 2 N–H and O–H groups in total. The van der Waals surface area contributed by atoms with Crippen LogP contribution in [0.4, 0.5) is 4.79 Å². The monoisotopic (exact) mass is 240 g/mol. The predicted molar refractivity (Wildman–Crippen MR) is 66.8 cm³/mol. The van der Waals surface area contributed by atoms with Crippen molar-refractivity contribution in [3.05, 3.63) is 36.0 Å². The number of nitrogens with zero attached hydrogens (tertiary/aromatic N) is 2. The number of carbonyl (C=O) groups excluding carboxylic acids is 1. The fourth-order valence-electron chi connectivity index (χ4n) is 2.37. The van der Waals surface area contributed by atoms with Crippen LogP contribution in [0.5, 0.6) is 0 Å². The summed E-state index contributed by atoms with van der Waals surface area (Å²) in [5, 5.41) is 12.7. The summed E-state index contributed by atoms with van der Waals surface area (Å²) in [5.41, 5.74) is 2.12. The van der Waals surface area contributed by atoms with Gasteiger partial charge in [0.1, 0.15) is 6.54 Å². The number of urea groups is 1. The maximum Gasteiger partial charge on any atom is 0.318 e. The van der Waals surface area contributed by atoms with E-state index >= 15 is 0 Å². The van der Waals surface area contributed by atoms with Crippen LogP contribution >= 0.6 is 0 Å². The molecule has 0 aliphatic carbocycles. The highest BCUT2D eigenvalue weighted by atomic mass is 16.2. The molecule has 0 spiro atoms. The molecular formula is C13H12N4O. The number of aromatic amines is 1. The fourth-order valence-corrected chi connectivity index (χ4v) is 2.37. The van der Waals surface area contributed by atoms with E-state index in [1.165, 1.54) is 4.90 Å². The van der Waals surface area contributed by atoms with E-state index < -0.39 is 0 Å². The lowest BCUT2D eigenvalue weighted by Gasteiger charge is -2.09. The Bertz CT molecular complexity index is 640. The Labute approximate surface area is 104 Å². The number of H-pyrrole nitrogens is 1. The van der Waals surface area contributed by atoms with Crippen LogP contribution in [0.2, 0.25) is 0 Å². The third kappa shape index (κ3) is 1.59. The minimum Gasteiger partial charge on any atom is -0.361 e. The molecule has 1 aliphatic rings. The van der Waals surface area contributed by atoms with Gasteiger partial charge in [-0.05, 0) is 6.07 Å². The molecule has 1 unspecified atom stereocenters. The van der Waals surface area contributed by atoms with E-state index in [0.717, 1.165) is 16.5 Å². The van der Waals surface area contributed by atoms with E-state index in [-0.39, 0.29) is 18.6 Å². The second-order valence-corrected chi connectivity index (χ2v) is 4.33. The Balaban J connectivity index is 1.93. The summed E-state index contributed by atoms with van der Waals surface area (Å²) in [6.07, 6.45) is 1.92. The van der Waals surface area contributed by atoms with Gasteiger partial charge in [0.25, 0.3) is 0 Å². The molecule has 0 radical (unpaired) electrons. The molecule has 1 aliphatic heterocycles. The third-order valence-electron chi connectivity index (χ3n) is 3.25. The number of rotatable bonds is 2. The van der Waals surface area contributed by atoms with Gasteiger partial charge in [0.15, 0.2) is 0 Å². The summed E-state index contributed by atoms with van der Waals surface area (Å²) < 4.78 is 0. The maximum absolute atomic E-state index is 11.7. The number of hydrogen-bond acceptors (Lipinski definition) is 2. The van der Waals surface area contributed by atoms with Gasteiger partial charge in [-0.1, -0.05) is 18.2 Å². The van der Waals surface area contributed by atoms with Gasteiger partial charge in [-0.15, -0.1) is 0 Å². The first-order valence-electron chi connectivity index (χ1n) is 5.78. The predicted octanol–water partition coefficient (Wildman–Crippen LogP) is 1.76. The number of para-hydroxylation sites is 1. The van der Waals surface area contributed by atoms with Gasteiger partial charge in [0.05, 0.1) is 12.1 Å². The van der Waals surface area contributed by atoms with Crippen molar-refractivity contribution in [3.63, 3.8) is 0 Å². The zero-order valence-corrected chi connectivity index (χ0v) is 9.68. The summed E-state index contributed by atoms with van der Waals surface area (Å²) in [5.74, 6) is 0. The molecule has 1 fully saturated rings. The zero-order chi connectivity index (χ0) is 12.5. The van der Waals surface area contributed by atoms with Crippen molar-refractivity contribution in [1.29, 1.82) is 5.26 Å². The largest absolute Gasteiger partial charge is 0.361 e. The highest BCUT2D eigenvalue weighted by molar-refractivity contribution is 5.85. The summed E-state index contributed by atoms with van der Waals surface area (Å²) in [4.78, 5) is 16.4. The van der Waals surface area contributed by atoms with Crippen LogP contribution in [-0.2, 0) is 0 Å². The van der Waals surface area contributed by atoms with Gasteiger partial charge >= 0.3 is 6.03 Å². The van der Waals surface area contributed by atoms with Crippen LogP contribution in [0.3, 0.4) is 0 Å². The molecule has 3 rings (SSSR count). The molecule has 2 aromatic rings. The molecule has 0 saturated carbocycles. The average molecular weight is 240 g/mol. The molecule has 0 bridgehead atoms. The summed E-state index contributed by atoms with van der Waals surface area (Å²) in [6.45, 7) is 0.666. The number of benzene rings is 1. The Morgan fingerprint density at radius 3 is 3.11 bits per heavy atom. The SMILES string of the molecule is N#CCN1CC(c2c[nH]c3ccccc23)NC1=O. The van der Waals surface area contributed by atoms with Crippen LogP contribution in [-0.4, -0.2) is 29.0 Å². The molecule has 2 amide bonds. The molecule has 5 heteroatoms. The summed E-state index contributed by atoms with van der Waals surface area (Å²) in [7, 11) is 0. The van der Waals surface area contributed by atoms with Gasteiger partial charge in [0, 0.05) is 29.2 Å². The third-order valence-corrected chi connectivity index (χ3v) is 3.25. The zero-order valence-electron chi connectivity index (χ0n) is 9.68. The standard InChI is InChI=1S/C13H12N4O/c14-5-6-17-8-12(16-13(17)18)10-7-15-11-4-2-1-3-9(10)11/h1-4,7,12,15H,6,8H2,(H,16,18). The molecule has 5 nitrogen and oxygen atoms in total. The van der Waals surface area contributed by atoms with Gasteiger partial charge < -0.3 is 15.2 Å². The number of nitrogens with one attached hydrogen (secondary N) is 2. The van der Waals surface area contributed by atoms with Gasteiger partial charge in [-0.2, -0.15) is 5.26 Å². The minimum atomic E-state index is -0.174. The molecular weight excluding hydrogens is 228 g/mol. The minimum absolute atomic E-state index is 0.0537. The quantitative estimate of drug-likeness (QED) is 0.785. The highest BCUT2D eigenvalue weighted by Crippen LogP contribution is 2.27. The van der Waals surface area contributed by atoms with Gasteiger partial charge in [-0.3, -0.25) is 0 Å². The van der Waals surface area contributed by atoms with E-state index in [1.807, 2.05) is 36.5 Å². The lowest BCUT2D eigenvalue weighted by Crippen LogP contribution is -2.28. The normalized spacial score (nSPS) is 18.9. The Morgan fingerprint density at radius 1 is 1.44 bits per heavy atom. The fraction of sp³-hybridized carbons (Fsp3) is 0.231. The first-order valence-corrected chi connectivity index (χ1v) is 5.78. The number of aromatic nitrogens is 1.